The van der Waals surface area contributed by atoms with Gasteiger partial charge in [-0.05, 0) is 81.5 Å². The van der Waals surface area contributed by atoms with Gasteiger partial charge in [0.1, 0.15) is 5.67 Å². The molecule has 24 heavy (non-hydrogen) atoms. The third-order valence-corrected chi connectivity index (χ3v) is 5.71. The fraction of sp³-hybridized carbons (Fsp3) is 0.316. The Kier molecular flexibility index (Phi) is 6.21. The van der Waals surface area contributed by atoms with Crippen LogP contribution in [0.4, 0.5) is 4.39 Å². The first-order chi connectivity index (χ1) is 11.2. The standard InChI is InChI=1S/C19H20Br2FNO/c1-12(2)11-23-18(24)8-13(3)6-7-19(22)10-15(19)14-4-5-16(20)17(21)9-14/h4-9,15H,1,10-11H2,2-3H3,(H,23,24)/b7-6+,13-8+/t15?,19-/m1/s1. The lowest BCUT2D eigenvalue weighted by Crippen LogP contribution is -2.22. The number of alkyl halides is 1. The van der Waals surface area contributed by atoms with Gasteiger partial charge in [0.2, 0.25) is 5.91 Å². The molecule has 1 N–H and O–H groups in total. The Morgan fingerprint density at radius 1 is 1.42 bits per heavy atom. The van der Waals surface area contributed by atoms with Crippen LogP contribution in [0, 0.1) is 0 Å². The molecule has 1 aromatic rings. The molecule has 0 spiro atoms. The average molecular weight is 457 g/mol. The van der Waals surface area contributed by atoms with Crippen molar-refractivity contribution in [1.82, 2.24) is 5.32 Å². The van der Waals surface area contributed by atoms with Crippen molar-refractivity contribution < 1.29 is 9.18 Å². The number of allylic oxidation sites excluding steroid dienone is 3. The Bertz CT molecular complexity index is 726. The highest BCUT2D eigenvalue weighted by Gasteiger charge is 2.54. The van der Waals surface area contributed by atoms with Crippen LogP contribution in [0.15, 0.2) is 63.1 Å². The van der Waals surface area contributed by atoms with Gasteiger partial charge in [0.25, 0.3) is 0 Å². The van der Waals surface area contributed by atoms with E-state index in [4.69, 9.17) is 0 Å². The lowest BCUT2D eigenvalue weighted by atomic mass is 10.1. The monoisotopic (exact) mass is 455 g/mol. The first-order valence-electron chi connectivity index (χ1n) is 7.65. The smallest absolute Gasteiger partial charge is 0.244 e. The second-order valence-electron chi connectivity index (χ2n) is 6.25. The van der Waals surface area contributed by atoms with Gasteiger partial charge in [-0.3, -0.25) is 4.79 Å². The van der Waals surface area contributed by atoms with E-state index in [9.17, 15) is 9.18 Å². The third-order valence-electron chi connectivity index (χ3n) is 3.83. The van der Waals surface area contributed by atoms with Crippen molar-refractivity contribution in [1.29, 1.82) is 0 Å². The molecular formula is C19H20Br2FNO. The number of hydrogen-bond acceptors (Lipinski definition) is 1. The van der Waals surface area contributed by atoms with Gasteiger partial charge in [-0.1, -0.05) is 24.3 Å². The molecule has 2 rings (SSSR count). The van der Waals surface area contributed by atoms with E-state index in [0.717, 1.165) is 20.1 Å². The van der Waals surface area contributed by atoms with Crippen molar-refractivity contribution in [2.24, 2.45) is 0 Å². The quantitative estimate of drug-likeness (QED) is 0.336. The Morgan fingerprint density at radius 2 is 2.12 bits per heavy atom. The van der Waals surface area contributed by atoms with Gasteiger partial charge in [-0.25, -0.2) is 4.39 Å². The highest BCUT2D eigenvalue weighted by Crippen LogP contribution is 2.56. The summed E-state index contributed by atoms with van der Waals surface area (Å²) in [6.07, 6.45) is 5.17. The van der Waals surface area contributed by atoms with Gasteiger partial charge in [0.05, 0.1) is 0 Å². The van der Waals surface area contributed by atoms with E-state index in [1.807, 2.05) is 25.1 Å². The molecule has 1 aromatic carbocycles. The molecule has 2 atom stereocenters. The zero-order valence-electron chi connectivity index (χ0n) is 13.7. The lowest BCUT2D eigenvalue weighted by Gasteiger charge is -2.05. The Morgan fingerprint density at radius 3 is 2.75 bits per heavy atom. The molecule has 1 fully saturated rings. The van der Waals surface area contributed by atoms with Crippen LogP contribution in [0.25, 0.3) is 0 Å². The number of amides is 1. The summed E-state index contributed by atoms with van der Waals surface area (Å²) < 4.78 is 16.7. The predicted molar refractivity (Wildman–Crippen MR) is 104 cm³/mol. The Hall–Kier alpha value is -1.20. The van der Waals surface area contributed by atoms with Crippen molar-refractivity contribution in [2.75, 3.05) is 6.54 Å². The van der Waals surface area contributed by atoms with E-state index in [1.165, 1.54) is 6.08 Å². The van der Waals surface area contributed by atoms with E-state index >= 15 is 0 Å². The Labute approximate surface area is 159 Å². The van der Waals surface area contributed by atoms with Crippen LogP contribution in [0.5, 0.6) is 0 Å². The van der Waals surface area contributed by atoms with Crippen LogP contribution in [-0.2, 0) is 4.79 Å². The van der Waals surface area contributed by atoms with Crippen molar-refractivity contribution in [3.05, 3.63) is 68.7 Å². The maximum absolute atomic E-state index is 14.8. The third kappa shape index (κ3) is 5.15. The molecule has 0 radical (unpaired) electrons. The van der Waals surface area contributed by atoms with E-state index < -0.39 is 5.67 Å². The number of carbonyl (C=O) groups excluding carboxylic acids is 1. The van der Waals surface area contributed by atoms with E-state index in [2.05, 4.69) is 43.8 Å². The molecule has 2 nitrogen and oxygen atoms in total. The molecule has 0 aromatic heterocycles. The van der Waals surface area contributed by atoms with Gasteiger partial charge in [-0.15, -0.1) is 0 Å². The number of nitrogens with one attached hydrogen (secondary N) is 1. The molecule has 1 unspecified atom stereocenters. The van der Waals surface area contributed by atoms with Crippen LogP contribution in [0.2, 0.25) is 0 Å². The van der Waals surface area contributed by atoms with Gasteiger partial charge in [-0.2, -0.15) is 0 Å². The summed E-state index contributed by atoms with van der Waals surface area (Å²) in [5, 5.41) is 2.72. The zero-order chi connectivity index (χ0) is 17.9. The van der Waals surface area contributed by atoms with E-state index in [-0.39, 0.29) is 11.8 Å². The fourth-order valence-corrected chi connectivity index (χ4v) is 3.02. The summed E-state index contributed by atoms with van der Waals surface area (Å²) >= 11 is 6.86. The number of benzene rings is 1. The SMILES string of the molecule is C=C(C)CNC(=O)/C=C(C)/C=C/[C@@]1(F)CC1c1ccc(Br)c(Br)c1. The predicted octanol–water partition coefficient (Wildman–Crippen LogP) is 5.60. The van der Waals surface area contributed by atoms with Crippen LogP contribution < -0.4 is 5.32 Å². The van der Waals surface area contributed by atoms with Crippen molar-refractivity contribution in [2.45, 2.75) is 31.9 Å². The number of carbonyl (C=O) groups is 1. The lowest BCUT2D eigenvalue weighted by molar-refractivity contribution is -0.116. The van der Waals surface area contributed by atoms with E-state index in [0.29, 0.717) is 18.5 Å². The molecule has 1 aliphatic rings. The molecule has 128 valence electrons. The normalized spacial score (nSPS) is 23.4. The molecule has 0 aliphatic heterocycles. The first-order valence-corrected chi connectivity index (χ1v) is 9.23. The molecule has 0 bridgehead atoms. The molecule has 1 saturated carbocycles. The Balaban J connectivity index is 1.97. The summed E-state index contributed by atoms with van der Waals surface area (Å²) in [5.41, 5.74) is 1.23. The van der Waals surface area contributed by atoms with Crippen LogP contribution in [0.1, 0.15) is 31.7 Å². The summed E-state index contributed by atoms with van der Waals surface area (Å²) in [7, 11) is 0. The maximum atomic E-state index is 14.8. The second-order valence-corrected chi connectivity index (χ2v) is 7.96. The number of rotatable bonds is 6. The molecule has 0 heterocycles. The van der Waals surface area contributed by atoms with Gasteiger partial charge in [0.15, 0.2) is 0 Å². The van der Waals surface area contributed by atoms with Crippen LogP contribution >= 0.6 is 31.9 Å². The minimum atomic E-state index is -1.34. The molecule has 5 heteroatoms. The molecule has 1 amide bonds. The first kappa shape index (κ1) is 19.1. The van der Waals surface area contributed by atoms with Crippen molar-refractivity contribution in [3.63, 3.8) is 0 Å². The van der Waals surface area contributed by atoms with Gasteiger partial charge < -0.3 is 5.32 Å². The minimum absolute atomic E-state index is 0.136. The topological polar surface area (TPSA) is 29.1 Å². The van der Waals surface area contributed by atoms with Crippen molar-refractivity contribution >= 4 is 37.8 Å². The molecule has 0 saturated heterocycles. The summed E-state index contributed by atoms with van der Waals surface area (Å²) in [6, 6.07) is 5.79. The minimum Gasteiger partial charge on any atom is -0.349 e. The summed E-state index contributed by atoms with van der Waals surface area (Å²) in [6.45, 7) is 7.80. The summed E-state index contributed by atoms with van der Waals surface area (Å²) in [5.74, 6) is -0.333. The van der Waals surface area contributed by atoms with Gasteiger partial charge in [0, 0.05) is 27.5 Å². The molecule has 1 aliphatic carbocycles. The van der Waals surface area contributed by atoms with Crippen molar-refractivity contribution in [3.8, 4) is 0 Å². The maximum Gasteiger partial charge on any atom is 0.244 e. The fourth-order valence-electron chi connectivity index (χ4n) is 2.38. The number of hydrogen-bond donors (Lipinski definition) is 1. The highest BCUT2D eigenvalue weighted by molar-refractivity contribution is 9.13. The van der Waals surface area contributed by atoms with Gasteiger partial charge >= 0.3 is 0 Å². The number of halogens is 3. The summed E-state index contributed by atoms with van der Waals surface area (Å²) in [4.78, 5) is 11.7. The largest absolute Gasteiger partial charge is 0.349 e. The van der Waals surface area contributed by atoms with Crippen LogP contribution in [0.3, 0.4) is 0 Å². The second kappa shape index (κ2) is 7.79. The van der Waals surface area contributed by atoms with E-state index in [1.54, 1.807) is 19.1 Å². The zero-order valence-corrected chi connectivity index (χ0v) is 16.9. The molecular weight excluding hydrogens is 437 g/mol. The average Bonchev–Trinajstić information content (AvgIpc) is 3.18. The highest BCUT2D eigenvalue weighted by atomic mass is 79.9. The van der Waals surface area contributed by atoms with Crippen LogP contribution in [-0.4, -0.2) is 18.1 Å².